The monoisotopic (exact) mass is 1210 g/mol. The minimum atomic E-state index is -2.47. The first-order valence-electron chi connectivity index (χ1n) is 32.0. The van der Waals surface area contributed by atoms with Crippen LogP contribution in [0.2, 0.25) is 0 Å². The summed E-state index contributed by atoms with van der Waals surface area (Å²) in [5, 5.41) is 12.1. The predicted molar refractivity (Wildman–Crippen MR) is 321 cm³/mol. The number of amides is 1. The van der Waals surface area contributed by atoms with E-state index in [4.69, 9.17) is 42.6 Å². The van der Waals surface area contributed by atoms with E-state index in [1.807, 2.05) is 65.0 Å². The van der Waals surface area contributed by atoms with Gasteiger partial charge in [0.2, 0.25) is 5.79 Å². The molecule has 4 aliphatic heterocycles. The molecule has 3 aliphatic carbocycles. The Bertz CT molecular complexity index is 2580. The van der Waals surface area contributed by atoms with E-state index < -0.39 is 119 Å². The molecule has 6 fully saturated rings. The molecule has 4 bridgehead atoms. The van der Waals surface area contributed by atoms with Crippen molar-refractivity contribution < 1.29 is 81.3 Å². The van der Waals surface area contributed by atoms with Gasteiger partial charge in [-0.1, -0.05) is 91.8 Å². The molecule has 3 saturated carbocycles. The van der Waals surface area contributed by atoms with Crippen molar-refractivity contribution in [3.8, 4) is 0 Å². The van der Waals surface area contributed by atoms with E-state index in [1.165, 1.54) is 18.9 Å². The number of rotatable bonds is 9. The van der Waals surface area contributed by atoms with Gasteiger partial charge in [0.1, 0.15) is 29.4 Å². The molecule has 1 spiro atoms. The Balaban J connectivity index is 1.13. The van der Waals surface area contributed by atoms with Crippen LogP contribution in [0.3, 0.4) is 0 Å². The molecule has 0 aromatic carbocycles. The molecule has 0 aromatic heterocycles. The number of cyclic esters (lactones) is 1. The van der Waals surface area contributed by atoms with Crippen LogP contribution in [0.4, 0.5) is 0 Å². The van der Waals surface area contributed by atoms with Gasteiger partial charge in [-0.2, -0.15) is 0 Å². The van der Waals surface area contributed by atoms with Gasteiger partial charge in [0.25, 0.3) is 11.7 Å². The minimum Gasteiger partial charge on any atom is -0.460 e. The number of allylic oxidation sites excluding steroid dienone is 6. The number of piperidine rings is 1. The zero-order valence-corrected chi connectivity index (χ0v) is 54.3. The number of methoxy groups -OCH3 is 3. The summed E-state index contributed by atoms with van der Waals surface area (Å²) in [5.41, 5.74) is 0.142. The number of aliphatic hydroxyl groups is 1. The highest BCUT2D eigenvalue weighted by molar-refractivity contribution is 6.39. The van der Waals surface area contributed by atoms with Gasteiger partial charge in [-0.25, -0.2) is 4.79 Å². The maximum Gasteiger partial charge on any atom is 0.329 e. The van der Waals surface area contributed by atoms with Gasteiger partial charge in [0, 0.05) is 77.2 Å². The van der Waals surface area contributed by atoms with E-state index in [1.54, 1.807) is 41.1 Å². The van der Waals surface area contributed by atoms with Crippen molar-refractivity contribution in [2.75, 3.05) is 41.1 Å². The Morgan fingerprint density at radius 3 is 2.13 bits per heavy atom. The Morgan fingerprint density at radius 2 is 1.50 bits per heavy atom. The van der Waals surface area contributed by atoms with Crippen LogP contribution in [-0.2, 0) is 76.2 Å². The minimum absolute atomic E-state index is 0.00988. The summed E-state index contributed by atoms with van der Waals surface area (Å²) >= 11 is 0. The average Bonchev–Trinajstić information content (AvgIpc) is 1.52. The van der Waals surface area contributed by atoms with Crippen LogP contribution in [0, 0.1) is 57.7 Å². The van der Waals surface area contributed by atoms with Crippen LogP contribution in [0.5, 0.6) is 0 Å². The summed E-state index contributed by atoms with van der Waals surface area (Å²) < 4.78 is 55.8. The molecule has 7 rings (SSSR count). The van der Waals surface area contributed by atoms with Gasteiger partial charge < -0.3 is 52.6 Å². The standard InChI is InChI=1S/C68H103NO17/c1-40-21-17-16-18-22-41(2)54(78-13)35-50-26-24-46(7)68(77,86-50)60(73)61(74)69-30-20-19-23-51(69)62(75)84-55(36-52(71)42(3)32-45(6)58(83-47(8)70)59(80-15)57(72)44(5)31-40)43(4)33-48-25-27-53(56(34-48)79-14)85-63(76)65(11)38-81-67(82-39-65)37-49-28-29-66(67,12)64(49,9)10/h16-18,21-22,32,40,42-44,46,48-51,53-56,58-59,77H,19-20,23-31,33-39H2,1-15H3/b18-16?,21-17+,41-22?,45-32+/t40-,42-,43-,44-,46-,48+,49?,50+,51+,53-,54+,55+,56-,58-,59+,65?,66?,67?,68-/m1/s1. The molecule has 7 aliphatic rings. The van der Waals surface area contributed by atoms with Crippen LogP contribution in [-0.4, -0.2) is 153 Å². The average molecular weight is 1210 g/mol. The third-order valence-electron chi connectivity index (χ3n) is 21.5. The zero-order chi connectivity index (χ0) is 63.3. The molecule has 0 radical (unpaired) electrons. The van der Waals surface area contributed by atoms with Crippen molar-refractivity contribution in [2.24, 2.45) is 57.7 Å². The van der Waals surface area contributed by atoms with E-state index in [-0.39, 0.29) is 66.8 Å². The molecule has 18 nitrogen and oxygen atoms in total. The lowest BCUT2D eigenvalue weighted by Gasteiger charge is -2.52. The lowest BCUT2D eigenvalue weighted by atomic mass is 9.68. The predicted octanol–water partition coefficient (Wildman–Crippen LogP) is 9.90. The molecule has 482 valence electrons. The van der Waals surface area contributed by atoms with E-state index in [0.717, 1.165) is 24.8 Å². The summed E-state index contributed by atoms with van der Waals surface area (Å²) in [6, 6.07) is -1.20. The molecule has 1 N–H and O–H groups in total. The number of nitrogens with zero attached hydrogens (tertiary/aromatic N) is 1. The second-order valence-electron chi connectivity index (χ2n) is 27.9. The Kier molecular flexibility index (Phi) is 23.0. The maximum atomic E-state index is 14.8. The fraction of sp³-hybridized carbons (Fsp3) is 0.779. The molecule has 2 unspecified atom stereocenters. The smallest absolute Gasteiger partial charge is 0.329 e. The van der Waals surface area contributed by atoms with Crippen LogP contribution in [0.15, 0.2) is 47.6 Å². The fourth-order valence-corrected chi connectivity index (χ4v) is 15.2. The molecule has 3 saturated heterocycles. The lowest BCUT2D eigenvalue weighted by molar-refractivity contribution is -0.346. The van der Waals surface area contributed by atoms with Crippen molar-refractivity contribution in [1.29, 1.82) is 0 Å². The highest BCUT2D eigenvalue weighted by Gasteiger charge is 2.72. The van der Waals surface area contributed by atoms with Crippen molar-refractivity contribution in [3.05, 3.63) is 47.6 Å². The first-order valence-corrected chi connectivity index (χ1v) is 32.0. The number of fused-ring (bicyclic) bond motifs is 6. The van der Waals surface area contributed by atoms with E-state index in [2.05, 4.69) is 20.8 Å². The summed E-state index contributed by atoms with van der Waals surface area (Å²) in [7, 11) is 4.56. The largest absolute Gasteiger partial charge is 0.460 e. The summed E-state index contributed by atoms with van der Waals surface area (Å²) in [4.78, 5) is 101. The van der Waals surface area contributed by atoms with Gasteiger partial charge in [-0.15, -0.1) is 0 Å². The lowest BCUT2D eigenvalue weighted by Crippen LogP contribution is -2.61. The summed E-state index contributed by atoms with van der Waals surface area (Å²) in [5.74, 6) is -9.90. The van der Waals surface area contributed by atoms with E-state index in [9.17, 15) is 38.7 Å². The molecular weight excluding hydrogens is 1100 g/mol. The topological polar surface area (TPSA) is 226 Å². The van der Waals surface area contributed by atoms with Crippen molar-refractivity contribution in [1.82, 2.24) is 4.90 Å². The number of carbonyl (C=O) groups is 7. The molecule has 86 heavy (non-hydrogen) atoms. The molecule has 1 amide bonds. The fourth-order valence-electron chi connectivity index (χ4n) is 15.2. The van der Waals surface area contributed by atoms with Crippen LogP contribution in [0.1, 0.15) is 179 Å². The number of hydrogen-bond donors (Lipinski definition) is 1. The number of esters is 3. The van der Waals surface area contributed by atoms with Crippen molar-refractivity contribution in [2.45, 2.75) is 240 Å². The molecule has 0 aromatic rings. The molecular formula is C68H103NO17. The third-order valence-corrected chi connectivity index (χ3v) is 21.5. The van der Waals surface area contributed by atoms with Gasteiger partial charge in [-0.05, 0) is 138 Å². The van der Waals surface area contributed by atoms with Gasteiger partial charge in [-0.3, -0.25) is 28.8 Å². The second kappa shape index (κ2) is 28.6. The first kappa shape index (κ1) is 69.1. The summed E-state index contributed by atoms with van der Waals surface area (Å²) in [6.07, 6.45) is 13.4. The molecule has 18 heteroatoms. The SMILES string of the molecule is CO[C@H]1C[C@@H]2CC[C@@H](C)[C@@](O)(O2)C(=O)C(=O)N2CCCC[C@H]2C(=O)O[C@H]([C@H](C)C[C@@H]2CC[C@@H](OC(=O)C3(C)COC4(CC5CCC4(C)C5(C)C)OC3)[C@H](OC)C2)CC(=O)[C@H](C)/C=C(\C)[C@@H](OC(C)=O)[C@@H](OC)C(=O)[C@H](C)C[C@H](C)/C=C/C=CC=C1C. The number of ketones is 3. The third kappa shape index (κ3) is 14.7. The maximum absolute atomic E-state index is 14.8. The number of ether oxygens (including phenoxy) is 9. The van der Waals surface area contributed by atoms with Crippen LogP contribution in [0.25, 0.3) is 0 Å². The molecule has 4 heterocycles. The Morgan fingerprint density at radius 1 is 0.791 bits per heavy atom. The van der Waals surface area contributed by atoms with Crippen LogP contribution < -0.4 is 0 Å². The number of carbonyl (C=O) groups excluding carboxylic acids is 7. The molecule has 17 atom stereocenters. The van der Waals surface area contributed by atoms with E-state index in [0.29, 0.717) is 75.7 Å². The number of Topliss-reactive ketones (excluding diaryl/α,β-unsaturated/α-hetero) is 3. The van der Waals surface area contributed by atoms with Gasteiger partial charge in [0.05, 0.1) is 31.5 Å². The van der Waals surface area contributed by atoms with Gasteiger partial charge >= 0.3 is 17.9 Å². The first-order chi connectivity index (χ1) is 40.5. The normalized spacial score (nSPS) is 41.3. The Hall–Kier alpha value is -4.43. The van der Waals surface area contributed by atoms with Gasteiger partial charge in [0.15, 0.2) is 23.8 Å². The van der Waals surface area contributed by atoms with Crippen molar-refractivity contribution in [3.63, 3.8) is 0 Å². The van der Waals surface area contributed by atoms with Crippen LogP contribution >= 0.6 is 0 Å². The second-order valence-corrected chi connectivity index (χ2v) is 27.9. The quantitative estimate of drug-likeness (QED) is 0.0980. The Labute approximate surface area is 511 Å². The zero-order valence-electron chi connectivity index (χ0n) is 54.3. The summed E-state index contributed by atoms with van der Waals surface area (Å²) in [6.45, 7) is 23.0. The van der Waals surface area contributed by atoms with E-state index >= 15 is 0 Å². The highest BCUT2D eigenvalue weighted by Crippen LogP contribution is 2.72. The number of hydrogen-bond acceptors (Lipinski definition) is 17. The highest BCUT2D eigenvalue weighted by atomic mass is 16.7. The van der Waals surface area contributed by atoms with Crippen molar-refractivity contribution >= 4 is 41.2 Å².